The van der Waals surface area contributed by atoms with Gasteiger partial charge in [-0.2, -0.15) is 0 Å². The highest BCUT2D eigenvalue weighted by Gasteiger charge is 2.05. The van der Waals surface area contributed by atoms with Crippen LogP contribution in [0, 0.1) is 0 Å². The van der Waals surface area contributed by atoms with Crippen LogP contribution in [0.15, 0.2) is 0 Å². The molecule has 0 aliphatic rings. The van der Waals surface area contributed by atoms with Crippen molar-refractivity contribution in [2.24, 2.45) is 0 Å². The fourth-order valence-electron chi connectivity index (χ4n) is 1.46. The minimum atomic E-state index is -2.81. The van der Waals surface area contributed by atoms with Gasteiger partial charge in [0.05, 0.1) is 5.75 Å². The molecule has 0 saturated carbocycles. The van der Waals surface area contributed by atoms with Crippen molar-refractivity contribution in [1.82, 2.24) is 10.2 Å². The van der Waals surface area contributed by atoms with Gasteiger partial charge in [0, 0.05) is 12.3 Å². The Balaban J connectivity index is 3.41. The topological polar surface area (TPSA) is 49.4 Å². The molecule has 0 aliphatic carbocycles. The summed E-state index contributed by atoms with van der Waals surface area (Å²) in [4.78, 5) is 2.37. The summed E-state index contributed by atoms with van der Waals surface area (Å²) in [6, 6.07) is 0. The second-order valence-corrected chi connectivity index (χ2v) is 6.34. The average Bonchev–Trinajstić information content (AvgIpc) is 2.28. The van der Waals surface area contributed by atoms with Crippen molar-refractivity contribution in [3.8, 4) is 0 Å². The van der Waals surface area contributed by atoms with Crippen molar-refractivity contribution in [3.05, 3.63) is 0 Å². The first-order valence-electron chi connectivity index (χ1n) is 6.19. The Hall–Kier alpha value is -0.130. The molecule has 4 nitrogen and oxygen atoms in total. The van der Waals surface area contributed by atoms with Crippen LogP contribution in [0.1, 0.15) is 27.2 Å². The predicted octanol–water partition coefficient (Wildman–Crippen LogP) is 0.743. The van der Waals surface area contributed by atoms with Crippen molar-refractivity contribution in [3.63, 3.8) is 0 Å². The molecule has 0 atom stereocenters. The quantitative estimate of drug-likeness (QED) is 0.581. The van der Waals surface area contributed by atoms with Crippen LogP contribution < -0.4 is 5.32 Å². The molecule has 0 spiro atoms. The Labute approximate surface area is 100 Å². The Kier molecular flexibility index (Phi) is 8.89. The molecule has 0 amide bonds. The number of nitrogens with one attached hydrogen (secondary N) is 1. The second-order valence-electron chi connectivity index (χ2n) is 3.87. The SMILES string of the molecule is CCN(CC)CCCNCCS(=O)(=O)CC. The third-order valence-electron chi connectivity index (χ3n) is 2.75. The molecule has 0 rings (SSSR count). The van der Waals surface area contributed by atoms with Gasteiger partial charge < -0.3 is 10.2 Å². The molecule has 0 aliphatic heterocycles. The van der Waals surface area contributed by atoms with E-state index in [2.05, 4.69) is 24.1 Å². The molecule has 0 saturated heterocycles. The molecule has 0 aromatic rings. The van der Waals surface area contributed by atoms with E-state index in [0.29, 0.717) is 6.54 Å². The molecule has 5 heteroatoms. The van der Waals surface area contributed by atoms with Gasteiger partial charge in [-0.05, 0) is 32.6 Å². The zero-order valence-corrected chi connectivity index (χ0v) is 11.6. The van der Waals surface area contributed by atoms with Gasteiger partial charge in [0.1, 0.15) is 0 Å². The summed E-state index contributed by atoms with van der Waals surface area (Å²) >= 11 is 0. The smallest absolute Gasteiger partial charge is 0.151 e. The number of nitrogens with zero attached hydrogens (tertiary/aromatic N) is 1. The lowest BCUT2D eigenvalue weighted by Crippen LogP contribution is -2.29. The molecular formula is C11H26N2O2S. The van der Waals surface area contributed by atoms with Crippen molar-refractivity contribution in [2.75, 3.05) is 44.2 Å². The summed E-state index contributed by atoms with van der Waals surface area (Å²) < 4.78 is 22.4. The third-order valence-corrected chi connectivity index (χ3v) is 4.46. The van der Waals surface area contributed by atoms with Gasteiger partial charge in [0.15, 0.2) is 9.84 Å². The predicted molar refractivity (Wildman–Crippen MR) is 69.6 cm³/mol. The molecule has 16 heavy (non-hydrogen) atoms. The molecule has 0 aromatic heterocycles. The summed E-state index contributed by atoms with van der Waals surface area (Å²) in [6.07, 6.45) is 1.08. The lowest BCUT2D eigenvalue weighted by molar-refractivity contribution is 0.298. The first-order valence-corrected chi connectivity index (χ1v) is 8.01. The minimum absolute atomic E-state index is 0.244. The molecule has 0 heterocycles. The van der Waals surface area contributed by atoms with Gasteiger partial charge in [-0.3, -0.25) is 0 Å². The summed E-state index contributed by atoms with van der Waals surface area (Å²) in [7, 11) is -2.81. The van der Waals surface area contributed by atoms with E-state index in [4.69, 9.17) is 0 Å². The van der Waals surface area contributed by atoms with Gasteiger partial charge in [0.2, 0.25) is 0 Å². The molecule has 1 N–H and O–H groups in total. The molecule has 0 aromatic carbocycles. The van der Waals surface area contributed by atoms with Crippen LogP contribution >= 0.6 is 0 Å². The number of hydrogen-bond donors (Lipinski definition) is 1. The van der Waals surface area contributed by atoms with E-state index >= 15 is 0 Å². The lowest BCUT2D eigenvalue weighted by Gasteiger charge is -2.17. The van der Waals surface area contributed by atoms with Gasteiger partial charge >= 0.3 is 0 Å². The Morgan fingerprint density at radius 1 is 1.06 bits per heavy atom. The van der Waals surface area contributed by atoms with Gasteiger partial charge in [-0.15, -0.1) is 0 Å². The van der Waals surface area contributed by atoms with Crippen LogP contribution in [0.4, 0.5) is 0 Å². The van der Waals surface area contributed by atoms with Crippen molar-refractivity contribution in [2.45, 2.75) is 27.2 Å². The zero-order valence-electron chi connectivity index (χ0n) is 10.8. The third kappa shape index (κ3) is 8.07. The highest BCUT2D eigenvalue weighted by atomic mass is 32.2. The van der Waals surface area contributed by atoms with E-state index in [9.17, 15) is 8.42 Å². The van der Waals surface area contributed by atoms with Gasteiger partial charge in [0.25, 0.3) is 0 Å². The monoisotopic (exact) mass is 250 g/mol. The summed E-state index contributed by atoms with van der Waals surface area (Å²) in [5, 5.41) is 3.17. The largest absolute Gasteiger partial charge is 0.316 e. The zero-order chi connectivity index (χ0) is 12.4. The van der Waals surface area contributed by atoms with E-state index in [1.807, 2.05) is 0 Å². The number of rotatable bonds is 10. The molecule has 0 radical (unpaired) electrons. The summed E-state index contributed by atoms with van der Waals surface area (Å²) in [5.41, 5.74) is 0. The summed E-state index contributed by atoms with van der Waals surface area (Å²) in [5.74, 6) is 0.503. The maximum Gasteiger partial charge on any atom is 0.151 e. The normalized spacial score (nSPS) is 12.2. The first kappa shape index (κ1) is 15.9. The standard InChI is InChI=1S/C11H26N2O2S/c1-4-13(5-2)10-7-8-12-9-11-16(14,15)6-3/h12H,4-11H2,1-3H3. The number of sulfone groups is 1. The molecule has 0 unspecified atom stereocenters. The number of hydrogen-bond acceptors (Lipinski definition) is 4. The van der Waals surface area contributed by atoms with E-state index in [-0.39, 0.29) is 11.5 Å². The maximum atomic E-state index is 11.2. The van der Waals surface area contributed by atoms with Crippen molar-refractivity contribution < 1.29 is 8.42 Å². The van der Waals surface area contributed by atoms with Crippen LogP contribution in [0.25, 0.3) is 0 Å². The van der Waals surface area contributed by atoms with E-state index < -0.39 is 9.84 Å². The van der Waals surface area contributed by atoms with Crippen molar-refractivity contribution >= 4 is 9.84 Å². The van der Waals surface area contributed by atoms with Gasteiger partial charge in [-0.25, -0.2) is 8.42 Å². The molecule has 0 fully saturated rings. The molecule has 98 valence electrons. The first-order chi connectivity index (χ1) is 7.55. The fourth-order valence-corrected chi connectivity index (χ4v) is 2.21. The Morgan fingerprint density at radius 2 is 1.69 bits per heavy atom. The highest BCUT2D eigenvalue weighted by molar-refractivity contribution is 7.91. The van der Waals surface area contributed by atoms with Crippen LogP contribution in [0.2, 0.25) is 0 Å². The molecule has 0 bridgehead atoms. The summed E-state index contributed by atoms with van der Waals surface area (Å²) in [6.45, 7) is 10.7. The second kappa shape index (κ2) is 8.96. The average molecular weight is 250 g/mol. The maximum absolute atomic E-state index is 11.2. The van der Waals surface area contributed by atoms with Gasteiger partial charge in [-0.1, -0.05) is 20.8 Å². The Bertz CT molecular complexity index is 249. The van der Waals surface area contributed by atoms with Crippen molar-refractivity contribution in [1.29, 1.82) is 0 Å². The van der Waals surface area contributed by atoms with Crippen LogP contribution in [0.5, 0.6) is 0 Å². The molecular weight excluding hydrogens is 224 g/mol. The van der Waals surface area contributed by atoms with E-state index in [0.717, 1.165) is 32.6 Å². The van der Waals surface area contributed by atoms with Crippen LogP contribution in [-0.4, -0.2) is 57.5 Å². The Morgan fingerprint density at radius 3 is 2.19 bits per heavy atom. The minimum Gasteiger partial charge on any atom is -0.316 e. The fraction of sp³-hybridized carbons (Fsp3) is 1.00. The lowest BCUT2D eigenvalue weighted by atomic mass is 10.3. The van der Waals surface area contributed by atoms with E-state index in [1.54, 1.807) is 6.92 Å². The van der Waals surface area contributed by atoms with Crippen LogP contribution in [-0.2, 0) is 9.84 Å². The van der Waals surface area contributed by atoms with Crippen LogP contribution in [0.3, 0.4) is 0 Å². The van der Waals surface area contributed by atoms with E-state index in [1.165, 1.54) is 0 Å². The highest BCUT2D eigenvalue weighted by Crippen LogP contribution is 1.90.